The van der Waals surface area contributed by atoms with Gasteiger partial charge in [-0.05, 0) is 30.5 Å². The lowest BCUT2D eigenvalue weighted by Gasteiger charge is -2.22. The second-order valence-corrected chi connectivity index (χ2v) is 5.13. The van der Waals surface area contributed by atoms with E-state index < -0.39 is 0 Å². The second-order valence-electron chi connectivity index (χ2n) is 5.13. The number of benzene rings is 1. The van der Waals surface area contributed by atoms with Crippen LogP contribution in [0.3, 0.4) is 0 Å². The summed E-state index contributed by atoms with van der Waals surface area (Å²) in [5.74, 6) is 0.959. The van der Waals surface area contributed by atoms with Gasteiger partial charge in [0.1, 0.15) is 0 Å². The number of hydrogen-bond donors (Lipinski definition) is 1. The Morgan fingerprint density at radius 1 is 1.32 bits per heavy atom. The highest BCUT2D eigenvalue weighted by molar-refractivity contribution is 14.0. The maximum absolute atomic E-state index is 4.41. The average Bonchev–Trinajstić information content (AvgIpc) is 3.17. The van der Waals surface area contributed by atoms with Gasteiger partial charge in [0, 0.05) is 44.8 Å². The van der Waals surface area contributed by atoms with Crippen molar-refractivity contribution in [2.24, 2.45) is 4.99 Å². The molecule has 0 unspecified atom stereocenters. The lowest BCUT2D eigenvalue weighted by molar-refractivity contribution is 0.572. The van der Waals surface area contributed by atoms with Crippen LogP contribution in [-0.4, -0.2) is 35.9 Å². The Hall–Kier alpha value is -1.57. The molecule has 0 bridgehead atoms. The molecule has 22 heavy (non-hydrogen) atoms. The zero-order valence-corrected chi connectivity index (χ0v) is 15.1. The summed E-state index contributed by atoms with van der Waals surface area (Å²) in [6.45, 7) is 2.82. The molecule has 0 saturated carbocycles. The summed E-state index contributed by atoms with van der Waals surface area (Å²) in [6.07, 6.45) is 5.92. The predicted molar refractivity (Wildman–Crippen MR) is 101 cm³/mol. The summed E-state index contributed by atoms with van der Waals surface area (Å²) in [5.41, 5.74) is 2.68. The number of rotatable bonds is 4. The standard InChI is InChI=1S/C16H21N5.HI/c1-17-16(18-9-4-11-20-12-5-10-19-20)21-13-8-14-6-2-3-7-15(14)21;/h2-3,5-7,10,12H,4,8-9,11,13H2,1H3,(H,17,18);1H. The predicted octanol–water partition coefficient (Wildman–Crippen LogP) is 2.53. The van der Waals surface area contributed by atoms with E-state index in [1.807, 2.05) is 30.2 Å². The van der Waals surface area contributed by atoms with E-state index in [4.69, 9.17) is 0 Å². The number of nitrogens with zero attached hydrogens (tertiary/aromatic N) is 4. The zero-order chi connectivity index (χ0) is 14.5. The van der Waals surface area contributed by atoms with Crippen LogP contribution < -0.4 is 10.2 Å². The van der Waals surface area contributed by atoms with Gasteiger partial charge in [-0.3, -0.25) is 9.67 Å². The quantitative estimate of drug-likeness (QED) is 0.364. The fourth-order valence-electron chi connectivity index (χ4n) is 2.73. The third-order valence-corrected chi connectivity index (χ3v) is 3.76. The molecule has 0 atom stereocenters. The number of para-hydroxylation sites is 1. The highest BCUT2D eigenvalue weighted by Gasteiger charge is 2.21. The molecule has 1 aliphatic heterocycles. The number of halogens is 1. The van der Waals surface area contributed by atoms with Crippen LogP contribution >= 0.6 is 24.0 Å². The topological polar surface area (TPSA) is 45.5 Å². The van der Waals surface area contributed by atoms with E-state index in [0.717, 1.165) is 38.4 Å². The summed E-state index contributed by atoms with van der Waals surface area (Å²) in [7, 11) is 1.84. The molecule has 3 rings (SSSR count). The number of aryl methyl sites for hydroxylation is 1. The number of aromatic nitrogens is 2. The monoisotopic (exact) mass is 411 g/mol. The second kappa shape index (κ2) is 8.17. The van der Waals surface area contributed by atoms with Gasteiger partial charge in [-0.25, -0.2) is 0 Å². The van der Waals surface area contributed by atoms with Crippen LogP contribution in [-0.2, 0) is 13.0 Å². The van der Waals surface area contributed by atoms with Crippen LogP contribution in [0.15, 0.2) is 47.7 Å². The maximum Gasteiger partial charge on any atom is 0.198 e. The van der Waals surface area contributed by atoms with Crippen molar-refractivity contribution in [3.05, 3.63) is 48.3 Å². The Balaban J connectivity index is 0.00000176. The molecule has 2 heterocycles. The van der Waals surface area contributed by atoms with Crippen LogP contribution in [0.2, 0.25) is 0 Å². The van der Waals surface area contributed by atoms with E-state index in [9.17, 15) is 0 Å². The molecule has 118 valence electrons. The van der Waals surface area contributed by atoms with E-state index in [2.05, 4.69) is 44.6 Å². The smallest absolute Gasteiger partial charge is 0.198 e. The van der Waals surface area contributed by atoms with Crippen molar-refractivity contribution in [3.8, 4) is 0 Å². The van der Waals surface area contributed by atoms with Crippen molar-refractivity contribution in [2.45, 2.75) is 19.4 Å². The summed E-state index contributed by atoms with van der Waals surface area (Å²) >= 11 is 0. The van der Waals surface area contributed by atoms with Crippen LogP contribution in [0.25, 0.3) is 0 Å². The molecule has 5 nitrogen and oxygen atoms in total. The highest BCUT2D eigenvalue weighted by atomic mass is 127. The van der Waals surface area contributed by atoms with Crippen LogP contribution in [0.4, 0.5) is 5.69 Å². The molecule has 0 saturated heterocycles. The Morgan fingerprint density at radius 2 is 2.18 bits per heavy atom. The molecular formula is C16H22IN5. The lowest BCUT2D eigenvalue weighted by atomic mass is 10.2. The van der Waals surface area contributed by atoms with Crippen molar-refractivity contribution in [3.63, 3.8) is 0 Å². The molecule has 6 heteroatoms. The minimum absolute atomic E-state index is 0. The van der Waals surface area contributed by atoms with Crippen molar-refractivity contribution < 1.29 is 0 Å². The third kappa shape index (κ3) is 3.79. The number of fused-ring (bicyclic) bond motifs is 1. The fourth-order valence-corrected chi connectivity index (χ4v) is 2.73. The van der Waals surface area contributed by atoms with E-state index >= 15 is 0 Å². The first-order valence-electron chi connectivity index (χ1n) is 7.42. The van der Waals surface area contributed by atoms with Crippen LogP contribution in [0.1, 0.15) is 12.0 Å². The summed E-state index contributed by atoms with van der Waals surface area (Å²) in [4.78, 5) is 6.68. The SMILES string of the molecule is CN=C(NCCCn1cccn1)N1CCc2ccccc21.I. The zero-order valence-electron chi connectivity index (χ0n) is 12.8. The molecule has 0 spiro atoms. The molecule has 1 aromatic carbocycles. The number of hydrogen-bond acceptors (Lipinski definition) is 2. The number of anilines is 1. The molecule has 1 aliphatic rings. The van der Waals surface area contributed by atoms with Gasteiger partial charge in [-0.1, -0.05) is 18.2 Å². The molecule has 0 fully saturated rings. The van der Waals surface area contributed by atoms with Crippen LogP contribution in [0, 0.1) is 0 Å². The number of nitrogens with one attached hydrogen (secondary N) is 1. The van der Waals surface area contributed by atoms with E-state index in [1.165, 1.54) is 11.3 Å². The third-order valence-electron chi connectivity index (χ3n) is 3.76. The van der Waals surface area contributed by atoms with Gasteiger partial charge in [0.25, 0.3) is 0 Å². The number of aliphatic imine (C=N–C) groups is 1. The Morgan fingerprint density at radius 3 is 2.95 bits per heavy atom. The minimum Gasteiger partial charge on any atom is -0.356 e. The molecule has 0 amide bonds. The highest BCUT2D eigenvalue weighted by Crippen LogP contribution is 2.27. The molecular weight excluding hydrogens is 389 g/mol. The van der Waals surface area contributed by atoms with E-state index in [0.29, 0.717) is 0 Å². The molecule has 0 aliphatic carbocycles. The Kier molecular flexibility index (Phi) is 6.23. The molecule has 1 aromatic heterocycles. The van der Waals surface area contributed by atoms with Gasteiger partial charge in [0.2, 0.25) is 0 Å². The first-order chi connectivity index (χ1) is 10.4. The Labute approximate surface area is 148 Å². The van der Waals surface area contributed by atoms with Gasteiger partial charge >= 0.3 is 0 Å². The normalized spacial score (nSPS) is 13.7. The van der Waals surface area contributed by atoms with E-state index in [-0.39, 0.29) is 24.0 Å². The largest absolute Gasteiger partial charge is 0.356 e. The summed E-state index contributed by atoms with van der Waals surface area (Å²) < 4.78 is 1.95. The number of guanidine groups is 1. The van der Waals surface area contributed by atoms with Gasteiger partial charge < -0.3 is 10.2 Å². The Bertz CT molecular complexity index is 609. The minimum atomic E-state index is 0. The van der Waals surface area contributed by atoms with Gasteiger partial charge in [0.15, 0.2) is 5.96 Å². The van der Waals surface area contributed by atoms with Crippen molar-refractivity contribution >= 4 is 35.6 Å². The van der Waals surface area contributed by atoms with Gasteiger partial charge in [0.05, 0.1) is 0 Å². The van der Waals surface area contributed by atoms with Crippen molar-refractivity contribution in [1.29, 1.82) is 0 Å². The van der Waals surface area contributed by atoms with Crippen molar-refractivity contribution in [1.82, 2.24) is 15.1 Å². The summed E-state index contributed by atoms with van der Waals surface area (Å²) in [5, 5.41) is 7.66. The van der Waals surface area contributed by atoms with Gasteiger partial charge in [-0.2, -0.15) is 5.10 Å². The van der Waals surface area contributed by atoms with Crippen LogP contribution in [0.5, 0.6) is 0 Å². The van der Waals surface area contributed by atoms with Crippen molar-refractivity contribution in [2.75, 3.05) is 25.0 Å². The molecule has 1 N–H and O–H groups in total. The molecule has 2 aromatic rings. The van der Waals surface area contributed by atoms with Gasteiger partial charge in [-0.15, -0.1) is 24.0 Å². The van der Waals surface area contributed by atoms with E-state index in [1.54, 1.807) is 0 Å². The first-order valence-corrected chi connectivity index (χ1v) is 7.42. The fraction of sp³-hybridized carbons (Fsp3) is 0.375. The summed E-state index contributed by atoms with van der Waals surface area (Å²) in [6, 6.07) is 10.5. The maximum atomic E-state index is 4.41. The lowest BCUT2D eigenvalue weighted by Crippen LogP contribution is -2.41. The average molecular weight is 411 g/mol. The first kappa shape index (κ1) is 16.8. The molecule has 0 radical (unpaired) electrons.